The number of rotatable bonds is 7. The van der Waals surface area contributed by atoms with Crippen LogP contribution in [-0.4, -0.2) is 43.6 Å². The molecule has 0 bridgehead atoms. The molecule has 2 atom stereocenters. The molecule has 4 nitrogen and oxygen atoms in total. The molecule has 25 heavy (non-hydrogen) atoms. The minimum Gasteiger partial charge on any atom is -0.496 e. The third-order valence-electron chi connectivity index (χ3n) is 5.00. The molecule has 1 fully saturated rings. The number of hydrogen-bond acceptors (Lipinski definition) is 3. The zero-order chi connectivity index (χ0) is 18.2. The van der Waals surface area contributed by atoms with Gasteiger partial charge in [-0.1, -0.05) is 57.5 Å². The van der Waals surface area contributed by atoms with E-state index in [1.54, 1.807) is 7.11 Å². The van der Waals surface area contributed by atoms with Crippen LogP contribution >= 0.6 is 0 Å². The van der Waals surface area contributed by atoms with Gasteiger partial charge in [-0.15, -0.1) is 0 Å². The van der Waals surface area contributed by atoms with Gasteiger partial charge in [-0.25, -0.2) is 0 Å². The van der Waals surface area contributed by atoms with Gasteiger partial charge in [-0.3, -0.25) is 4.79 Å². The topological polar surface area (TPSA) is 41.6 Å². The molecule has 0 radical (unpaired) electrons. The van der Waals surface area contributed by atoms with Gasteiger partial charge in [0, 0.05) is 37.2 Å². The second-order valence-electron chi connectivity index (χ2n) is 7.06. The highest BCUT2D eigenvalue weighted by Gasteiger charge is 2.30. The van der Waals surface area contributed by atoms with Crippen LogP contribution in [0.3, 0.4) is 0 Å². The van der Waals surface area contributed by atoms with E-state index in [1.165, 1.54) is 0 Å². The molecule has 0 aromatic heterocycles. The van der Waals surface area contributed by atoms with Crippen LogP contribution in [0, 0.1) is 11.8 Å². The lowest BCUT2D eigenvalue weighted by atomic mass is 9.89. The normalized spacial score (nSPS) is 21.1. The summed E-state index contributed by atoms with van der Waals surface area (Å²) >= 11 is 0. The van der Waals surface area contributed by atoms with Gasteiger partial charge in [0.1, 0.15) is 5.75 Å². The molecular weight excluding hydrogens is 312 g/mol. The van der Waals surface area contributed by atoms with Gasteiger partial charge in [0.2, 0.25) is 5.91 Å². The molecule has 1 saturated heterocycles. The van der Waals surface area contributed by atoms with Crippen LogP contribution < -0.4 is 10.1 Å². The van der Waals surface area contributed by atoms with Crippen LogP contribution in [0.1, 0.15) is 39.2 Å². The van der Waals surface area contributed by atoms with E-state index in [0.717, 1.165) is 43.8 Å². The Bertz CT molecular complexity index is 583. The number of ether oxygens (including phenoxy) is 1. The molecular formula is C21H32N2O2. The van der Waals surface area contributed by atoms with Crippen molar-refractivity contribution in [3.8, 4) is 5.75 Å². The lowest BCUT2D eigenvalue weighted by Crippen LogP contribution is -2.51. The second-order valence-corrected chi connectivity index (χ2v) is 7.06. The standard InChI is InChI=1S/C21H32N2O2/c1-5-17-15-23(21(24)16(2)3)14-12-19(17)22-13-8-10-18-9-6-7-11-20(18)25-4/h6-11,16-17,19,22H,5,12-15H2,1-4H3/b10-8+. The number of para-hydroxylation sites is 1. The molecule has 2 unspecified atom stereocenters. The summed E-state index contributed by atoms with van der Waals surface area (Å²) in [6.07, 6.45) is 6.37. The van der Waals surface area contributed by atoms with Crippen LogP contribution in [-0.2, 0) is 4.79 Å². The zero-order valence-corrected chi connectivity index (χ0v) is 16.0. The molecule has 2 rings (SSSR count). The summed E-state index contributed by atoms with van der Waals surface area (Å²) in [4.78, 5) is 14.3. The molecule has 1 heterocycles. The highest BCUT2D eigenvalue weighted by molar-refractivity contribution is 5.78. The lowest BCUT2D eigenvalue weighted by molar-refractivity contribution is -0.136. The molecule has 4 heteroatoms. The van der Waals surface area contributed by atoms with E-state index in [-0.39, 0.29) is 11.8 Å². The summed E-state index contributed by atoms with van der Waals surface area (Å²) in [6.45, 7) is 8.75. The van der Waals surface area contributed by atoms with Gasteiger partial charge in [-0.2, -0.15) is 0 Å². The summed E-state index contributed by atoms with van der Waals surface area (Å²) in [5.41, 5.74) is 1.09. The SMILES string of the molecule is CCC1CN(C(=O)C(C)C)CCC1NC/C=C/c1ccccc1OC. The van der Waals surface area contributed by atoms with E-state index >= 15 is 0 Å². The first-order valence-electron chi connectivity index (χ1n) is 9.38. The Hall–Kier alpha value is -1.81. The van der Waals surface area contributed by atoms with Crippen molar-refractivity contribution >= 4 is 12.0 Å². The number of hydrogen-bond donors (Lipinski definition) is 1. The zero-order valence-electron chi connectivity index (χ0n) is 16.0. The number of benzene rings is 1. The minimum absolute atomic E-state index is 0.0887. The average Bonchev–Trinajstić information content (AvgIpc) is 2.64. The van der Waals surface area contributed by atoms with E-state index in [0.29, 0.717) is 12.0 Å². The van der Waals surface area contributed by atoms with Crippen LogP contribution in [0.4, 0.5) is 0 Å². The first-order valence-corrected chi connectivity index (χ1v) is 9.38. The molecule has 1 N–H and O–H groups in total. The number of amides is 1. The summed E-state index contributed by atoms with van der Waals surface area (Å²) in [5, 5.41) is 3.65. The minimum atomic E-state index is 0.0887. The van der Waals surface area contributed by atoms with Crippen LogP contribution in [0.2, 0.25) is 0 Å². The van der Waals surface area contributed by atoms with Gasteiger partial charge in [-0.05, 0) is 18.4 Å². The van der Waals surface area contributed by atoms with Gasteiger partial charge in [0.15, 0.2) is 0 Å². The van der Waals surface area contributed by atoms with Crippen LogP contribution in [0.5, 0.6) is 5.75 Å². The number of likely N-dealkylation sites (tertiary alicyclic amines) is 1. The molecule has 1 aliphatic rings. The summed E-state index contributed by atoms with van der Waals surface area (Å²) < 4.78 is 5.37. The molecule has 138 valence electrons. The summed E-state index contributed by atoms with van der Waals surface area (Å²) in [6, 6.07) is 8.50. The number of nitrogens with zero attached hydrogens (tertiary/aromatic N) is 1. The van der Waals surface area contributed by atoms with Crippen molar-refractivity contribution in [2.75, 3.05) is 26.7 Å². The number of methoxy groups -OCH3 is 1. The molecule has 0 aliphatic carbocycles. The summed E-state index contributed by atoms with van der Waals surface area (Å²) in [5.74, 6) is 1.79. The first-order chi connectivity index (χ1) is 12.1. The van der Waals surface area contributed by atoms with Crippen molar-refractivity contribution in [2.24, 2.45) is 11.8 Å². The van der Waals surface area contributed by atoms with E-state index in [9.17, 15) is 4.79 Å². The average molecular weight is 344 g/mol. The molecule has 1 aliphatic heterocycles. The highest BCUT2D eigenvalue weighted by atomic mass is 16.5. The van der Waals surface area contributed by atoms with Crippen LogP contribution in [0.25, 0.3) is 6.08 Å². The van der Waals surface area contributed by atoms with Crippen molar-refractivity contribution in [1.29, 1.82) is 0 Å². The second kappa shape index (κ2) is 9.62. The third-order valence-corrected chi connectivity index (χ3v) is 5.00. The number of carbonyl (C=O) groups is 1. The lowest BCUT2D eigenvalue weighted by Gasteiger charge is -2.39. The van der Waals surface area contributed by atoms with Crippen molar-refractivity contribution in [1.82, 2.24) is 10.2 Å². The number of piperidine rings is 1. The van der Waals surface area contributed by atoms with Gasteiger partial charge >= 0.3 is 0 Å². The maximum Gasteiger partial charge on any atom is 0.225 e. The van der Waals surface area contributed by atoms with Crippen molar-refractivity contribution in [2.45, 2.75) is 39.7 Å². The fourth-order valence-corrected chi connectivity index (χ4v) is 3.49. The Balaban J connectivity index is 1.86. The monoisotopic (exact) mass is 344 g/mol. The fraction of sp³-hybridized carbons (Fsp3) is 0.571. The van der Waals surface area contributed by atoms with Gasteiger partial charge in [0.25, 0.3) is 0 Å². The maximum atomic E-state index is 12.2. The largest absolute Gasteiger partial charge is 0.496 e. The molecule has 1 aromatic carbocycles. The van der Waals surface area contributed by atoms with E-state index in [4.69, 9.17) is 4.74 Å². The Morgan fingerprint density at radius 3 is 2.84 bits per heavy atom. The van der Waals surface area contributed by atoms with Gasteiger partial charge < -0.3 is 15.0 Å². The number of carbonyl (C=O) groups excluding carboxylic acids is 1. The molecule has 0 saturated carbocycles. The van der Waals surface area contributed by atoms with Gasteiger partial charge in [0.05, 0.1) is 7.11 Å². The van der Waals surface area contributed by atoms with E-state index in [2.05, 4.69) is 30.5 Å². The van der Waals surface area contributed by atoms with Crippen LogP contribution in [0.15, 0.2) is 30.3 Å². The van der Waals surface area contributed by atoms with Crippen molar-refractivity contribution < 1.29 is 9.53 Å². The quantitative estimate of drug-likeness (QED) is 0.822. The van der Waals surface area contributed by atoms with Crippen molar-refractivity contribution in [3.63, 3.8) is 0 Å². The first kappa shape index (κ1) is 19.5. The Labute approximate surface area is 152 Å². The number of nitrogens with one attached hydrogen (secondary N) is 1. The Morgan fingerprint density at radius 1 is 1.40 bits per heavy atom. The predicted molar refractivity (Wildman–Crippen MR) is 104 cm³/mol. The van der Waals surface area contributed by atoms with Crippen molar-refractivity contribution in [3.05, 3.63) is 35.9 Å². The molecule has 0 spiro atoms. The van der Waals surface area contributed by atoms with E-state index < -0.39 is 0 Å². The molecule has 1 amide bonds. The fourth-order valence-electron chi connectivity index (χ4n) is 3.49. The predicted octanol–water partition coefficient (Wildman–Crippen LogP) is 3.58. The smallest absolute Gasteiger partial charge is 0.225 e. The Kier molecular flexibility index (Phi) is 7.51. The summed E-state index contributed by atoms with van der Waals surface area (Å²) in [7, 11) is 1.70. The third kappa shape index (κ3) is 5.33. The van der Waals surface area contributed by atoms with E-state index in [1.807, 2.05) is 36.9 Å². The Morgan fingerprint density at radius 2 is 2.16 bits per heavy atom. The maximum absolute atomic E-state index is 12.2. The molecule has 1 aromatic rings. The highest BCUT2D eigenvalue weighted by Crippen LogP contribution is 2.22.